The SMILES string of the molecule is c1ccc([Si]2(c3ccccc3)c3ccc[n+]4c3-n3c5c2cccc5c2ccc5c(c23)C42c3c(ccc4c6ccccc6n(c34)-c3cccc[n+]32)O5)cc1. The van der Waals surface area contributed by atoms with Crippen molar-refractivity contribution >= 4 is 72.4 Å². The Balaban J connectivity index is 1.30. The first-order valence-electron chi connectivity index (χ1n) is 18.4. The van der Waals surface area contributed by atoms with Crippen molar-refractivity contribution < 1.29 is 13.9 Å². The third-order valence-electron chi connectivity index (χ3n) is 12.8. The Labute approximate surface area is 304 Å². The normalized spacial score (nSPS) is 17.4. The van der Waals surface area contributed by atoms with Gasteiger partial charge in [-0.1, -0.05) is 97.1 Å². The number of pyridine rings is 2. The van der Waals surface area contributed by atoms with Crippen LogP contribution in [0.15, 0.2) is 170 Å². The molecule has 10 aromatic rings. The number of para-hydroxylation sites is 2. The monoisotopic (exact) mass is 692 g/mol. The summed E-state index contributed by atoms with van der Waals surface area (Å²) in [5.74, 6) is 4.18. The Bertz CT molecular complexity index is 3290. The van der Waals surface area contributed by atoms with Crippen molar-refractivity contribution in [1.82, 2.24) is 9.13 Å². The van der Waals surface area contributed by atoms with Gasteiger partial charge in [0.15, 0.2) is 19.1 Å². The van der Waals surface area contributed by atoms with Crippen LogP contribution in [-0.2, 0) is 5.66 Å². The molecule has 8 heterocycles. The van der Waals surface area contributed by atoms with Gasteiger partial charge < -0.3 is 4.74 Å². The lowest BCUT2D eigenvalue weighted by molar-refractivity contribution is -0.967. The zero-order chi connectivity index (χ0) is 34.2. The van der Waals surface area contributed by atoms with E-state index in [1.54, 1.807) is 0 Å². The van der Waals surface area contributed by atoms with Crippen molar-refractivity contribution in [2.75, 3.05) is 0 Å². The van der Waals surface area contributed by atoms with Gasteiger partial charge in [-0.3, -0.25) is 0 Å². The van der Waals surface area contributed by atoms with Crippen LogP contribution in [0.2, 0.25) is 0 Å². The van der Waals surface area contributed by atoms with Crippen LogP contribution >= 0.6 is 0 Å². The number of hydrogen-bond donors (Lipinski definition) is 0. The summed E-state index contributed by atoms with van der Waals surface area (Å²) >= 11 is 0. The van der Waals surface area contributed by atoms with Crippen LogP contribution in [0.25, 0.3) is 55.2 Å². The van der Waals surface area contributed by atoms with Gasteiger partial charge in [-0.15, -0.1) is 0 Å². The molecule has 0 amide bonds. The Hall–Kier alpha value is -6.76. The Kier molecular flexibility index (Phi) is 4.48. The van der Waals surface area contributed by atoms with E-state index in [1.807, 2.05) is 0 Å². The molecule has 1 spiro atoms. The van der Waals surface area contributed by atoms with Crippen LogP contribution < -0.4 is 34.6 Å². The molecule has 6 aromatic carbocycles. The summed E-state index contributed by atoms with van der Waals surface area (Å²) in [6.07, 6.45) is 4.64. The molecule has 4 aliphatic heterocycles. The summed E-state index contributed by atoms with van der Waals surface area (Å²) in [6, 6.07) is 59.0. The van der Waals surface area contributed by atoms with E-state index < -0.39 is 13.7 Å². The molecule has 0 fully saturated rings. The molecule has 14 rings (SSSR count). The van der Waals surface area contributed by atoms with Gasteiger partial charge >= 0.3 is 5.66 Å². The van der Waals surface area contributed by atoms with Gasteiger partial charge in [0.25, 0.3) is 11.6 Å². The minimum Gasteiger partial charge on any atom is -0.456 e. The molecule has 0 saturated heterocycles. The fraction of sp³-hybridized carbons (Fsp3) is 0.0213. The maximum absolute atomic E-state index is 7.11. The maximum atomic E-state index is 7.11. The highest BCUT2D eigenvalue weighted by Crippen LogP contribution is 2.56. The molecule has 1 atom stereocenters. The van der Waals surface area contributed by atoms with E-state index in [9.17, 15) is 0 Å². The van der Waals surface area contributed by atoms with Gasteiger partial charge in [-0.05, 0) is 65.0 Å². The second-order valence-electron chi connectivity index (χ2n) is 14.9. The predicted molar refractivity (Wildman–Crippen MR) is 211 cm³/mol. The van der Waals surface area contributed by atoms with Gasteiger partial charge in [-0.2, -0.15) is 18.3 Å². The molecule has 0 radical (unpaired) electrons. The molecule has 4 aliphatic rings. The minimum absolute atomic E-state index is 0.774. The van der Waals surface area contributed by atoms with Crippen molar-refractivity contribution in [2.24, 2.45) is 0 Å². The largest absolute Gasteiger partial charge is 0.456 e. The number of nitrogens with zero attached hydrogens (tertiary/aromatic N) is 4. The second kappa shape index (κ2) is 8.81. The second-order valence-corrected chi connectivity index (χ2v) is 18.6. The van der Waals surface area contributed by atoms with Gasteiger partial charge in [-0.25, -0.2) is 0 Å². The smallest absolute Gasteiger partial charge is 0.321 e. The lowest BCUT2D eigenvalue weighted by Gasteiger charge is -2.43. The molecule has 1 unspecified atom stereocenters. The highest BCUT2D eigenvalue weighted by Gasteiger charge is 2.66. The molecule has 4 aromatic heterocycles. The van der Waals surface area contributed by atoms with Gasteiger partial charge in [0.1, 0.15) is 33.7 Å². The molecule has 0 bridgehead atoms. The van der Waals surface area contributed by atoms with Crippen LogP contribution in [0.4, 0.5) is 0 Å². The molecular formula is C47H28N4OSi+2. The summed E-state index contributed by atoms with van der Waals surface area (Å²) in [5, 5.41) is 10.6. The van der Waals surface area contributed by atoms with Crippen LogP contribution in [0.5, 0.6) is 11.5 Å². The number of fused-ring (bicyclic) bond motifs is 6. The standard InChI is InChI=1S/C47H28N4OSi/c1-3-13-29(14-4-1)53(30-15-5-2-6-16-30)38-20-11-18-32-34-24-26-37-42-45(34)51(43(32)38)46-39(53)21-12-28-49(46)47(42)41-36(52-37)25-23-33-31-17-7-8-19-35(31)50(44(33)41)40-22-9-10-27-48(40)47/h1-28H/q+2. The van der Waals surface area contributed by atoms with Crippen LogP contribution in [0, 0.1) is 0 Å². The summed E-state index contributed by atoms with van der Waals surface area (Å²) in [4.78, 5) is 0. The summed E-state index contributed by atoms with van der Waals surface area (Å²) < 4.78 is 17.4. The molecule has 53 heavy (non-hydrogen) atoms. The maximum Gasteiger partial charge on any atom is 0.321 e. The fourth-order valence-electron chi connectivity index (χ4n) is 11.1. The van der Waals surface area contributed by atoms with Crippen LogP contribution in [-0.4, -0.2) is 17.2 Å². The van der Waals surface area contributed by atoms with E-state index in [2.05, 4.69) is 188 Å². The molecule has 0 N–H and O–H groups in total. The first kappa shape index (κ1) is 27.0. The third-order valence-corrected chi connectivity index (χ3v) is 17.6. The van der Waals surface area contributed by atoms with E-state index in [0.717, 1.165) is 17.3 Å². The molecular weight excluding hydrogens is 665 g/mol. The summed E-state index contributed by atoms with van der Waals surface area (Å²) in [6.45, 7) is 0. The first-order valence-corrected chi connectivity index (χ1v) is 20.4. The van der Waals surface area contributed by atoms with E-state index in [4.69, 9.17) is 4.74 Å². The zero-order valence-electron chi connectivity index (χ0n) is 28.4. The van der Waals surface area contributed by atoms with E-state index >= 15 is 0 Å². The van der Waals surface area contributed by atoms with E-state index in [-0.39, 0.29) is 0 Å². The van der Waals surface area contributed by atoms with Crippen molar-refractivity contribution in [2.45, 2.75) is 5.66 Å². The van der Waals surface area contributed by atoms with Crippen molar-refractivity contribution in [3.63, 3.8) is 0 Å². The zero-order valence-corrected chi connectivity index (χ0v) is 29.4. The third kappa shape index (κ3) is 2.69. The lowest BCUT2D eigenvalue weighted by Crippen LogP contribution is -2.83. The Morgan fingerprint density at radius 1 is 0.453 bits per heavy atom. The molecule has 5 nitrogen and oxygen atoms in total. The van der Waals surface area contributed by atoms with Crippen molar-refractivity contribution in [3.8, 4) is 23.1 Å². The van der Waals surface area contributed by atoms with E-state index in [0.29, 0.717) is 0 Å². The molecule has 6 heteroatoms. The summed E-state index contributed by atoms with van der Waals surface area (Å²) in [5.41, 5.74) is 6.54. The summed E-state index contributed by atoms with van der Waals surface area (Å²) in [7, 11) is -2.89. The van der Waals surface area contributed by atoms with Crippen LogP contribution in [0.1, 0.15) is 11.1 Å². The van der Waals surface area contributed by atoms with Crippen molar-refractivity contribution in [3.05, 3.63) is 181 Å². The number of benzene rings is 6. The van der Waals surface area contributed by atoms with Gasteiger partial charge in [0.05, 0.1) is 12.4 Å². The number of ether oxygens (including phenoxy) is 1. The average molecular weight is 693 g/mol. The van der Waals surface area contributed by atoms with Gasteiger partial charge in [0.2, 0.25) is 0 Å². The number of hydrogen-bond acceptors (Lipinski definition) is 1. The quantitative estimate of drug-likeness (QED) is 0.157. The van der Waals surface area contributed by atoms with Crippen LogP contribution in [0.3, 0.4) is 0 Å². The highest BCUT2D eigenvalue weighted by atomic mass is 28.3. The first-order chi connectivity index (χ1) is 26.3. The molecule has 0 saturated carbocycles. The Morgan fingerprint density at radius 2 is 1.06 bits per heavy atom. The molecule has 0 aliphatic carbocycles. The topological polar surface area (TPSA) is 26.8 Å². The molecule has 244 valence electrons. The number of rotatable bonds is 2. The highest BCUT2D eigenvalue weighted by molar-refractivity contribution is 7.21. The fourth-order valence-corrected chi connectivity index (χ4v) is 16.2. The minimum atomic E-state index is -2.89. The lowest BCUT2D eigenvalue weighted by atomic mass is 9.81. The average Bonchev–Trinajstić information content (AvgIpc) is 3.75. The predicted octanol–water partition coefficient (Wildman–Crippen LogP) is 6.18. The Morgan fingerprint density at radius 3 is 1.83 bits per heavy atom. The van der Waals surface area contributed by atoms with Crippen molar-refractivity contribution in [1.29, 1.82) is 0 Å². The van der Waals surface area contributed by atoms with Gasteiger partial charge in [0, 0.05) is 38.0 Å². The number of aromatic nitrogens is 4. The van der Waals surface area contributed by atoms with E-state index in [1.165, 1.54) is 81.3 Å².